The number of aliphatic hydroxyl groups is 6. The largest absolute Gasteiger partial charge is 0.394 e. The lowest BCUT2D eigenvalue weighted by molar-refractivity contribution is -0.271. The van der Waals surface area contributed by atoms with E-state index in [9.17, 15) is 55.0 Å². The monoisotopic (exact) mass is 733 g/mol. The Kier molecular flexibility index (Phi) is 21.7. The molecule has 0 radical (unpaired) electrons. The van der Waals surface area contributed by atoms with E-state index in [2.05, 4.69) is 26.6 Å². The molecule has 1 aliphatic heterocycles. The number of amides is 6. The molecule has 292 valence electrons. The van der Waals surface area contributed by atoms with Crippen molar-refractivity contribution in [2.45, 2.75) is 88.9 Å². The predicted octanol–water partition coefficient (Wildman–Crippen LogP) is -6.00. The van der Waals surface area contributed by atoms with Gasteiger partial charge in [-0.1, -0.05) is 0 Å². The quantitative estimate of drug-likeness (QED) is 0.0201. The average Bonchev–Trinajstić information content (AvgIpc) is 3.06. The smallest absolute Gasteiger partial charge is 0.343 e. The number of nitrogens with one attached hydrogen (secondary N) is 6. The lowest BCUT2D eigenvalue weighted by Gasteiger charge is -2.42. The number of carbonyl (C=O) groups is 4. The summed E-state index contributed by atoms with van der Waals surface area (Å²) in [6.45, 7) is 1.47. The second-order valence-corrected chi connectivity index (χ2v) is 10.9. The van der Waals surface area contributed by atoms with Crippen LogP contribution in [0.25, 0.3) is 0 Å². The molecule has 1 rings (SSSR count). The third-order valence-electron chi connectivity index (χ3n) is 6.67. The van der Waals surface area contributed by atoms with Crippen LogP contribution in [0.2, 0.25) is 0 Å². The topological polar surface area (TPSA) is 341 Å². The molecule has 24 heteroatoms. The molecule has 1 aliphatic rings. The second kappa shape index (κ2) is 24.2. The summed E-state index contributed by atoms with van der Waals surface area (Å²) in [4.78, 5) is 52.1. The van der Waals surface area contributed by atoms with Gasteiger partial charge in [0.15, 0.2) is 19.4 Å². The number of ether oxygens (including phenoxy) is 5. The van der Waals surface area contributed by atoms with E-state index in [1.165, 1.54) is 27.7 Å². The number of aliphatic hydroxyl groups excluding tert-OH is 6. The molecule has 0 saturated carbocycles. The Morgan fingerprint density at radius 3 is 2.24 bits per heavy atom. The highest BCUT2D eigenvalue weighted by molar-refractivity contribution is 5.74. The zero-order valence-electron chi connectivity index (χ0n) is 28.1. The molecule has 0 spiro atoms. The zero-order valence-corrected chi connectivity index (χ0v) is 28.1. The van der Waals surface area contributed by atoms with Crippen LogP contribution < -0.4 is 32.1 Å². The minimum atomic E-state index is -1.49. The van der Waals surface area contributed by atoms with Crippen molar-refractivity contribution in [3.05, 3.63) is 0 Å². The molecule has 6 amide bonds. The molecule has 10 atom stereocenters. The first-order valence-corrected chi connectivity index (χ1v) is 15.3. The normalized spacial score (nSPS) is 23.5. The van der Waals surface area contributed by atoms with E-state index < -0.39 is 118 Å². The van der Waals surface area contributed by atoms with Crippen LogP contribution >= 0.6 is 0 Å². The molecule has 0 bridgehead atoms. The number of carbonyl (C=O) groups excluding carboxylic acids is 4. The highest BCUT2D eigenvalue weighted by Gasteiger charge is 2.45. The van der Waals surface area contributed by atoms with Gasteiger partial charge in [-0.05, 0) is 13.8 Å². The van der Waals surface area contributed by atoms with Gasteiger partial charge < -0.3 is 75.6 Å². The molecule has 1 fully saturated rings. The number of urea groups is 2. The molecule has 13 N–H and O–H groups in total. The van der Waals surface area contributed by atoms with Crippen molar-refractivity contribution >= 4 is 23.9 Å². The summed E-state index contributed by atoms with van der Waals surface area (Å²) in [5.41, 5.74) is 2.03. The fraction of sp³-hybridized carbons (Fsp3) is 0.846. The van der Waals surface area contributed by atoms with E-state index in [0.717, 1.165) is 0 Å². The van der Waals surface area contributed by atoms with Gasteiger partial charge in [0.05, 0.1) is 45.2 Å². The van der Waals surface area contributed by atoms with E-state index in [4.69, 9.17) is 28.5 Å². The van der Waals surface area contributed by atoms with Crippen molar-refractivity contribution in [2.24, 2.45) is 0 Å². The van der Waals surface area contributed by atoms with E-state index in [0.29, 0.717) is 0 Å². The highest BCUT2D eigenvalue weighted by atomic mass is 16.8. The van der Waals surface area contributed by atoms with E-state index in [1.54, 1.807) is 0 Å². The third kappa shape index (κ3) is 16.3. The molecular weight excluding hydrogens is 682 g/mol. The summed E-state index contributed by atoms with van der Waals surface area (Å²) in [5, 5.41) is 80.7. The lowest BCUT2D eigenvalue weighted by atomic mass is 9.97. The van der Waals surface area contributed by atoms with Crippen molar-refractivity contribution < 1.29 is 83.5 Å². The maximum Gasteiger partial charge on any atom is 0.343 e. The van der Waals surface area contributed by atoms with Crippen molar-refractivity contribution in [3.8, 4) is 0 Å². The standard InChI is InChI=1S/C26H51N7O17/c1-13(33(44)26(43)29-11-45-12-47-23(17(5-34)30-15(3)38)49-18(6-35)14(2)37)8-48-32-25(42)28-9-27-10-46-24-20(31-16(4)39)22(41)21(40)19(7-36)50-24/h13-14,17-24,27,34-37,40-41,44H,5-12H2,1-4H3,(H,29,43)(H,30,38)(H,31,39)(H2,28,32,42)/t13?,14-,17+,18?,19?,20?,21?,22?,23?,24?/m1/s1. The third-order valence-corrected chi connectivity index (χ3v) is 6.67. The van der Waals surface area contributed by atoms with Gasteiger partial charge in [0.2, 0.25) is 11.8 Å². The average molecular weight is 734 g/mol. The molecule has 0 aliphatic carbocycles. The second-order valence-electron chi connectivity index (χ2n) is 10.9. The van der Waals surface area contributed by atoms with Crippen LogP contribution in [0.3, 0.4) is 0 Å². The molecular formula is C26H51N7O17. The molecule has 0 aromatic heterocycles. The number of hydrogen-bond acceptors (Lipinski definition) is 18. The first-order chi connectivity index (χ1) is 23.7. The summed E-state index contributed by atoms with van der Waals surface area (Å²) >= 11 is 0. The summed E-state index contributed by atoms with van der Waals surface area (Å²) in [5.74, 6) is -1.04. The summed E-state index contributed by atoms with van der Waals surface area (Å²) in [7, 11) is 0. The van der Waals surface area contributed by atoms with Gasteiger partial charge in [-0.2, -0.15) is 0 Å². The molecule has 0 aromatic carbocycles. The predicted molar refractivity (Wildman–Crippen MR) is 163 cm³/mol. The van der Waals surface area contributed by atoms with Crippen molar-refractivity contribution in [2.75, 3.05) is 53.4 Å². The van der Waals surface area contributed by atoms with Gasteiger partial charge in [-0.15, -0.1) is 0 Å². The Balaban J connectivity index is 2.35. The van der Waals surface area contributed by atoms with Gasteiger partial charge in [0, 0.05) is 13.8 Å². The van der Waals surface area contributed by atoms with Gasteiger partial charge in [0.25, 0.3) is 0 Å². The summed E-state index contributed by atoms with van der Waals surface area (Å²) in [6.07, 6.45) is -8.96. The number of rotatable bonds is 23. The molecule has 24 nitrogen and oxygen atoms in total. The van der Waals surface area contributed by atoms with Crippen LogP contribution in [0.5, 0.6) is 0 Å². The zero-order chi connectivity index (χ0) is 37.8. The SMILES string of the molecule is CC(=O)NC1C(OCNCNC(=O)NOCC(C)N(O)C(=O)NCOCOC(OC(CO)[C@@H](C)O)[C@H](CO)NC(C)=O)OC(CO)C(O)C1O. The summed E-state index contributed by atoms with van der Waals surface area (Å²) in [6, 6.07) is -5.04. The Labute approximate surface area is 287 Å². The first-order valence-electron chi connectivity index (χ1n) is 15.3. The van der Waals surface area contributed by atoms with Gasteiger partial charge in [-0.25, -0.2) is 20.1 Å². The minimum Gasteiger partial charge on any atom is -0.394 e. The number of nitrogens with zero attached hydrogens (tertiary/aromatic N) is 1. The van der Waals surface area contributed by atoms with Gasteiger partial charge >= 0.3 is 12.1 Å². The van der Waals surface area contributed by atoms with Crippen LogP contribution in [-0.4, -0.2) is 179 Å². The fourth-order valence-corrected chi connectivity index (χ4v) is 4.03. The molecule has 0 aromatic rings. The fourth-order valence-electron chi connectivity index (χ4n) is 4.03. The first kappa shape index (κ1) is 44.9. The van der Waals surface area contributed by atoms with Crippen LogP contribution in [0.4, 0.5) is 9.59 Å². The summed E-state index contributed by atoms with van der Waals surface area (Å²) < 4.78 is 26.7. The minimum absolute atomic E-state index is 0.168. The Hall–Kier alpha value is -3.08. The van der Waals surface area contributed by atoms with Gasteiger partial charge in [-0.3, -0.25) is 25.0 Å². The van der Waals surface area contributed by atoms with Gasteiger partial charge in [0.1, 0.15) is 50.0 Å². The van der Waals surface area contributed by atoms with E-state index in [1.807, 2.05) is 5.48 Å². The molecule has 1 saturated heterocycles. The molecule has 50 heavy (non-hydrogen) atoms. The molecule has 1 heterocycles. The maximum atomic E-state index is 12.2. The van der Waals surface area contributed by atoms with E-state index in [-0.39, 0.29) is 25.1 Å². The van der Waals surface area contributed by atoms with E-state index >= 15 is 0 Å². The lowest BCUT2D eigenvalue weighted by Crippen LogP contribution is -2.64. The number of hydroxylamine groups is 3. The van der Waals surface area contributed by atoms with Crippen LogP contribution in [0, 0.1) is 0 Å². The maximum absolute atomic E-state index is 12.2. The van der Waals surface area contributed by atoms with Crippen molar-refractivity contribution in [1.29, 1.82) is 0 Å². The van der Waals surface area contributed by atoms with Crippen LogP contribution in [-0.2, 0) is 38.1 Å². The Bertz CT molecular complexity index is 1020. The van der Waals surface area contributed by atoms with Crippen molar-refractivity contribution in [3.63, 3.8) is 0 Å². The number of hydrogen-bond donors (Lipinski definition) is 13. The molecule has 8 unspecified atom stereocenters. The highest BCUT2D eigenvalue weighted by Crippen LogP contribution is 2.22. The van der Waals surface area contributed by atoms with Crippen molar-refractivity contribution in [1.82, 2.24) is 37.1 Å². The van der Waals surface area contributed by atoms with Crippen LogP contribution in [0.15, 0.2) is 0 Å². The van der Waals surface area contributed by atoms with Crippen LogP contribution in [0.1, 0.15) is 27.7 Å². The Morgan fingerprint density at radius 2 is 1.66 bits per heavy atom. The Morgan fingerprint density at radius 1 is 0.960 bits per heavy atom.